The first-order valence-electron chi connectivity index (χ1n) is 7.45. The highest BCUT2D eigenvalue weighted by molar-refractivity contribution is 6.31. The van der Waals surface area contributed by atoms with Crippen LogP contribution in [-0.4, -0.2) is 22.4 Å². The number of hydrogen-bond acceptors (Lipinski definition) is 2. The van der Waals surface area contributed by atoms with Gasteiger partial charge in [-0.3, -0.25) is 4.68 Å². The van der Waals surface area contributed by atoms with Gasteiger partial charge in [-0.15, -0.1) is 0 Å². The zero-order chi connectivity index (χ0) is 15.4. The Morgan fingerprint density at radius 2 is 1.90 bits per heavy atom. The topological polar surface area (TPSA) is 29.9 Å². The van der Waals surface area contributed by atoms with E-state index in [0.29, 0.717) is 12.0 Å². The van der Waals surface area contributed by atoms with Crippen LogP contribution in [0.3, 0.4) is 0 Å². The van der Waals surface area contributed by atoms with Gasteiger partial charge in [-0.1, -0.05) is 55.8 Å². The van der Waals surface area contributed by atoms with Gasteiger partial charge in [0.15, 0.2) is 0 Å². The van der Waals surface area contributed by atoms with E-state index >= 15 is 0 Å². The molecule has 1 unspecified atom stereocenters. The van der Waals surface area contributed by atoms with Crippen molar-refractivity contribution in [2.24, 2.45) is 7.05 Å². The van der Waals surface area contributed by atoms with Gasteiger partial charge < -0.3 is 5.32 Å². The Morgan fingerprint density at radius 3 is 2.43 bits per heavy atom. The maximum Gasteiger partial charge on any atom is 0.0847 e. The lowest BCUT2D eigenvalue weighted by Crippen LogP contribution is -2.29. The molecule has 4 heteroatoms. The molecule has 0 aliphatic carbocycles. The highest BCUT2D eigenvalue weighted by Gasteiger charge is 2.18. The van der Waals surface area contributed by atoms with Crippen molar-refractivity contribution in [1.82, 2.24) is 15.1 Å². The van der Waals surface area contributed by atoms with Crippen molar-refractivity contribution in [2.75, 3.05) is 6.54 Å². The van der Waals surface area contributed by atoms with Crippen molar-refractivity contribution in [1.29, 1.82) is 0 Å². The lowest BCUT2D eigenvalue weighted by molar-refractivity contribution is 0.516. The van der Waals surface area contributed by atoms with Crippen LogP contribution in [0.4, 0.5) is 0 Å². The maximum absolute atomic E-state index is 6.40. The van der Waals surface area contributed by atoms with Gasteiger partial charge in [0, 0.05) is 25.6 Å². The highest BCUT2D eigenvalue weighted by atomic mass is 35.5. The molecule has 0 fully saturated rings. The molecule has 1 aromatic carbocycles. The second-order valence-corrected chi connectivity index (χ2v) is 6.22. The molecule has 1 aromatic heterocycles. The smallest absolute Gasteiger partial charge is 0.0847 e. The number of benzene rings is 1. The molecule has 2 rings (SSSR count). The fourth-order valence-corrected chi connectivity index (χ4v) is 2.78. The number of aryl methyl sites for hydroxylation is 2. The fourth-order valence-electron chi connectivity index (χ4n) is 2.55. The molecule has 3 nitrogen and oxygen atoms in total. The van der Waals surface area contributed by atoms with Crippen LogP contribution in [0.25, 0.3) is 0 Å². The third kappa shape index (κ3) is 4.08. The van der Waals surface area contributed by atoms with Gasteiger partial charge in [0.05, 0.1) is 16.4 Å². The minimum Gasteiger partial charge on any atom is -0.314 e. The van der Waals surface area contributed by atoms with Crippen LogP contribution in [0, 0.1) is 6.92 Å². The van der Waals surface area contributed by atoms with Crippen LogP contribution in [0.5, 0.6) is 0 Å². The molecule has 0 radical (unpaired) electrons. The second-order valence-electron chi connectivity index (χ2n) is 5.84. The molecule has 0 bridgehead atoms. The average molecular weight is 306 g/mol. The largest absolute Gasteiger partial charge is 0.314 e. The molecular weight excluding hydrogens is 282 g/mol. The first-order chi connectivity index (χ1) is 9.99. The Morgan fingerprint density at radius 1 is 1.24 bits per heavy atom. The minimum absolute atomic E-state index is 0.390. The van der Waals surface area contributed by atoms with Crippen LogP contribution >= 0.6 is 11.6 Å². The summed E-state index contributed by atoms with van der Waals surface area (Å²) < 4.78 is 1.91. The number of aromatic nitrogens is 2. The van der Waals surface area contributed by atoms with E-state index in [9.17, 15) is 0 Å². The molecule has 0 saturated heterocycles. The van der Waals surface area contributed by atoms with E-state index in [4.69, 9.17) is 11.6 Å². The third-order valence-corrected chi connectivity index (χ3v) is 4.24. The van der Waals surface area contributed by atoms with E-state index in [1.165, 1.54) is 5.56 Å². The Balaban J connectivity index is 2.23. The molecule has 21 heavy (non-hydrogen) atoms. The lowest BCUT2D eigenvalue weighted by Gasteiger charge is -2.20. The Labute approximate surface area is 132 Å². The van der Waals surface area contributed by atoms with E-state index in [2.05, 4.69) is 54.6 Å². The SMILES string of the molecule is Cc1nn(C)c(CC(CNC(C)C)c2ccccc2)c1Cl. The Kier molecular flexibility index (Phi) is 5.43. The van der Waals surface area contributed by atoms with E-state index < -0.39 is 0 Å². The van der Waals surface area contributed by atoms with Crippen LogP contribution in [0.1, 0.15) is 36.7 Å². The normalized spacial score (nSPS) is 12.9. The zero-order valence-corrected chi connectivity index (χ0v) is 14.0. The highest BCUT2D eigenvalue weighted by Crippen LogP contribution is 2.26. The number of hydrogen-bond donors (Lipinski definition) is 1. The summed E-state index contributed by atoms with van der Waals surface area (Å²) >= 11 is 6.40. The molecule has 0 aliphatic rings. The summed E-state index contributed by atoms with van der Waals surface area (Å²) in [4.78, 5) is 0. The number of nitrogens with one attached hydrogen (secondary N) is 1. The summed E-state index contributed by atoms with van der Waals surface area (Å²) in [6, 6.07) is 11.1. The summed E-state index contributed by atoms with van der Waals surface area (Å²) in [5.41, 5.74) is 3.34. The minimum atomic E-state index is 0.390. The van der Waals surface area contributed by atoms with E-state index in [-0.39, 0.29) is 0 Å². The number of halogens is 1. The Hall–Kier alpha value is -1.32. The summed E-state index contributed by atoms with van der Waals surface area (Å²) in [5, 5.41) is 8.75. The van der Waals surface area contributed by atoms with Crippen LogP contribution in [0.2, 0.25) is 5.02 Å². The molecule has 0 amide bonds. The third-order valence-electron chi connectivity index (χ3n) is 3.74. The molecule has 0 aliphatic heterocycles. The quantitative estimate of drug-likeness (QED) is 0.882. The van der Waals surface area contributed by atoms with E-state index in [1.54, 1.807) is 0 Å². The van der Waals surface area contributed by atoms with Gasteiger partial charge in [0.1, 0.15) is 0 Å². The molecule has 1 N–H and O–H groups in total. The summed E-state index contributed by atoms with van der Waals surface area (Å²) in [6.07, 6.45) is 0.889. The van der Waals surface area contributed by atoms with E-state index in [1.807, 2.05) is 18.7 Å². The lowest BCUT2D eigenvalue weighted by atomic mass is 9.93. The summed E-state index contributed by atoms with van der Waals surface area (Å²) in [6.45, 7) is 7.23. The van der Waals surface area contributed by atoms with Gasteiger partial charge >= 0.3 is 0 Å². The summed E-state index contributed by atoms with van der Waals surface area (Å²) in [5.74, 6) is 0.390. The van der Waals surface area contributed by atoms with Crippen molar-refractivity contribution >= 4 is 11.6 Å². The monoisotopic (exact) mass is 305 g/mol. The van der Waals surface area contributed by atoms with Crippen LogP contribution < -0.4 is 5.32 Å². The molecule has 0 saturated carbocycles. The van der Waals surface area contributed by atoms with Gasteiger partial charge in [-0.05, 0) is 18.9 Å². The van der Waals surface area contributed by atoms with Gasteiger partial charge in [-0.2, -0.15) is 5.10 Å². The predicted molar refractivity (Wildman–Crippen MR) is 89.0 cm³/mol. The van der Waals surface area contributed by atoms with Crippen molar-refractivity contribution in [3.63, 3.8) is 0 Å². The Bertz CT molecular complexity index is 575. The molecular formula is C17H24ClN3. The zero-order valence-electron chi connectivity index (χ0n) is 13.2. The first-order valence-corrected chi connectivity index (χ1v) is 7.83. The van der Waals surface area contributed by atoms with Gasteiger partial charge in [0.2, 0.25) is 0 Å². The standard InChI is InChI=1S/C17H24ClN3/c1-12(2)19-11-15(14-8-6-5-7-9-14)10-16-17(18)13(3)20-21(16)4/h5-9,12,15,19H,10-11H2,1-4H3. The van der Waals surface area contributed by atoms with Crippen molar-refractivity contribution < 1.29 is 0 Å². The van der Waals surface area contributed by atoms with Crippen molar-refractivity contribution in [3.05, 3.63) is 52.3 Å². The molecule has 2 aromatic rings. The molecule has 114 valence electrons. The van der Waals surface area contributed by atoms with Crippen molar-refractivity contribution in [2.45, 2.75) is 39.2 Å². The van der Waals surface area contributed by atoms with Crippen molar-refractivity contribution in [3.8, 4) is 0 Å². The second kappa shape index (κ2) is 7.10. The first kappa shape index (κ1) is 16.1. The van der Waals surface area contributed by atoms with Crippen LogP contribution in [-0.2, 0) is 13.5 Å². The van der Waals surface area contributed by atoms with Crippen LogP contribution in [0.15, 0.2) is 30.3 Å². The molecule has 1 heterocycles. The van der Waals surface area contributed by atoms with Gasteiger partial charge in [0.25, 0.3) is 0 Å². The number of rotatable bonds is 6. The molecule has 0 spiro atoms. The molecule has 1 atom stereocenters. The number of nitrogens with zero attached hydrogens (tertiary/aromatic N) is 2. The average Bonchev–Trinajstić information content (AvgIpc) is 2.70. The fraction of sp³-hybridized carbons (Fsp3) is 0.471. The maximum atomic E-state index is 6.40. The summed E-state index contributed by atoms with van der Waals surface area (Å²) in [7, 11) is 1.96. The van der Waals surface area contributed by atoms with Gasteiger partial charge in [-0.25, -0.2) is 0 Å². The van der Waals surface area contributed by atoms with E-state index in [0.717, 1.165) is 29.4 Å². The predicted octanol–water partition coefficient (Wildman–Crippen LogP) is 3.71.